The van der Waals surface area contributed by atoms with Crippen LogP contribution in [0.1, 0.15) is 36.5 Å². The van der Waals surface area contributed by atoms with Gasteiger partial charge in [-0.3, -0.25) is 4.79 Å². The molecule has 0 radical (unpaired) electrons. The number of nitrogens with zero attached hydrogens (tertiary/aromatic N) is 2. The van der Waals surface area contributed by atoms with Gasteiger partial charge in [0, 0.05) is 24.7 Å². The summed E-state index contributed by atoms with van der Waals surface area (Å²) in [6.07, 6.45) is 5.18. The second-order valence-corrected chi connectivity index (χ2v) is 6.64. The molecule has 5 nitrogen and oxygen atoms in total. The van der Waals surface area contributed by atoms with Gasteiger partial charge in [0.2, 0.25) is 0 Å². The zero-order valence-electron chi connectivity index (χ0n) is 13.2. The van der Waals surface area contributed by atoms with Crippen molar-refractivity contribution < 1.29 is 15.0 Å². The van der Waals surface area contributed by atoms with Crippen LogP contribution < -0.4 is 0 Å². The SMILES string of the molecule is CCC[C@]1(CO)CCN(C(=O)c2cccnc2SC)C[C@H]1O. The van der Waals surface area contributed by atoms with Crippen LogP contribution in [0.5, 0.6) is 0 Å². The minimum absolute atomic E-state index is 0.0347. The van der Waals surface area contributed by atoms with Crippen molar-refractivity contribution >= 4 is 17.7 Å². The monoisotopic (exact) mass is 324 g/mol. The summed E-state index contributed by atoms with van der Waals surface area (Å²) in [6.45, 7) is 2.83. The van der Waals surface area contributed by atoms with Gasteiger partial charge in [-0.2, -0.15) is 0 Å². The van der Waals surface area contributed by atoms with E-state index in [0.29, 0.717) is 23.6 Å². The van der Waals surface area contributed by atoms with Crippen molar-refractivity contribution in [2.75, 3.05) is 26.0 Å². The second-order valence-electron chi connectivity index (χ2n) is 5.85. The Balaban J connectivity index is 2.14. The Morgan fingerprint density at radius 2 is 2.36 bits per heavy atom. The van der Waals surface area contributed by atoms with Crippen molar-refractivity contribution in [1.29, 1.82) is 0 Å². The Kier molecular flexibility index (Phi) is 5.83. The molecule has 2 heterocycles. The first-order valence-corrected chi connectivity index (χ1v) is 8.87. The number of amides is 1. The fourth-order valence-electron chi connectivity index (χ4n) is 3.14. The molecule has 1 aromatic rings. The van der Waals surface area contributed by atoms with Crippen molar-refractivity contribution in [3.63, 3.8) is 0 Å². The maximum atomic E-state index is 12.7. The Morgan fingerprint density at radius 1 is 1.59 bits per heavy atom. The molecule has 6 heteroatoms. The third kappa shape index (κ3) is 3.29. The lowest BCUT2D eigenvalue weighted by atomic mass is 9.73. The number of rotatable bonds is 5. The average molecular weight is 324 g/mol. The Morgan fingerprint density at radius 3 is 2.95 bits per heavy atom. The molecule has 122 valence electrons. The van der Waals surface area contributed by atoms with Crippen molar-refractivity contribution in [1.82, 2.24) is 9.88 Å². The van der Waals surface area contributed by atoms with E-state index in [2.05, 4.69) is 4.98 Å². The van der Waals surface area contributed by atoms with Gasteiger partial charge in [0.1, 0.15) is 5.03 Å². The molecule has 1 amide bonds. The lowest BCUT2D eigenvalue weighted by Crippen LogP contribution is -2.54. The first kappa shape index (κ1) is 17.2. The molecule has 0 aliphatic carbocycles. The van der Waals surface area contributed by atoms with Gasteiger partial charge in [0.15, 0.2) is 0 Å². The molecular weight excluding hydrogens is 300 g/mol. The van der Waals surface area contributed by atoms with Gasteiger partial charge in [-0.25, -0.2) is 4.98 Å². The maximum absolute atomic E-state index is 12.7. The molecule has 1 aliphatic heterocycles. The molecule has 0 bridgehead atoms. The molecule has 0 unspecified atom stereocenters. The summed E-state index contributed by atoms with van der Waals surface area (Å²) in [5, 5.41) is 20.9. The lowest BCUT2D eigenvalue weighted by molar-refractivity contribution is -0.0714. The molecule has 2 N–H and O–H groups in total. The highest BCUT2D eigenvalue weighted by atomic mass is 32.2. The topological polar surface area (TPSA) is 73.7 Å². The van der Waals surface area contributed by atoms with Crippen LogP contribution in [0.4, 0.5) is 0 Å². The Labute approximate surface area is 135 Å². The zero-order valence-corrected chi connectivity index (χ0v) is 14.0. The summed E-state index contributed by atoms with van der Waals surface area (Å²) in [5.74, 6) is -0.0976. The predicted molar refractivity (Wildman–Crippen MR) is 87.0 cm³/mol. The molecule has 22 heavy (non-hydrogen) atoms. The highest BCUT2D eigenvalue weighted by Crippen LogP contribution is 2.36. The molecule has 1 fully saturated rings. The molecule has 0 saturated carbocycles. The summed E-state index contributed by atoms with van der Waals surface area (Å²) in [5.41, 5.74) is 0.109. The molecule has 0 aromatic carbocycles. The van der Waals surface area contributed by atoms with Crippen LogP contribution in [0, 0.1) is 5.41 Å². The quantitative estimate of drug-likeness (QED) is 0.808. The zero-order chi connectivity index (χ0) is 16.2. The number of likely N-dealkylation sites (tertiary alicyclic amines) is 1. The molecular formula is C16H24N2O3S. The third-order valence-electron chi connectivity index (χ3n) is 4.52. The fourth-order valence-corrected chi connectivity index (χ4v) is 3.68. The second kappa shape index (κ2) is 7.44. The molecule has 0 spiro atoms. The largest absolute Gasteiger partial charge is 0.396 e. The number of carbonyl (C=O) groups excluding carboxylic acids is 1. The number of aliphatic hydroxyl groups excluding tert-OH is 2. The highest BCUT2D eigenvalue weighted by Gasteiger charge is 2.42. The van der Waals surface area contributed by atoms with Gasteiger partial charge < -0.3 is 15.1 Å². The van der Waals surface area contributed by atoms with Gasteiger partial charge in [-0.1, -0.05) is 13.3 Å². The number of β-amino-alcohol motifs (C(OH)–C–C–N with tert-alkyl or cyclic N) is 1. The molecule has 1 saturated heterocycles. The molecule has 1 aromatic heterocycles. The summed E-state index contributed by atoms with van der Waals surface area (Å²) in [4.78, 5) is 18.6. The number of aromatic nitrogens is 1. The van der Waals surface area contributed by atoms with Crippen LogP contribution in [-0.2, 0) is 0 Å². The van der Waals surface area contributed by atoms with Gasteiger partial charge in [0.05, 0.1) is 18.3 Å². The van der Waals surface area contributed by atoms with E-state index in [1.54, 1.807) is 23.2 Å². The standard InChI is InChI=1S/C16H24N2O3S/c1-3-6-16(11-19)7-9-18(10-13(16)20)15(21)12-5-4-8-17-14(12)22-2/h4-5,8,13,19-20H,3,6-7,9-11H2,1-2H3/t13-,16-/m1/s1. The Bertz CT molecular complexity index is 526. The van der Waals surface area contributed by atoms with E-state index in [-0.39, 0.29) is 19.1 Å². The first-order chi connectivity index (χ1) is 10.6. The number of pyridine rings is 1. The lowest BCUT2D eigenvalue weighted by Gasteiger charge is -2.44. The minimum atomic E-state index is -0.690. The summed E-state index contributed by atoms with van der Waals surface area (Å²) in [7, 11) is 0. The van der Waals surface area contributed by atoms with Crippen LogP contribution in [0.25, 0.3) is 0 Å². The van der Waals surface area contributed by atoms with E-state index in [1.165, 1.54) is 11.8 Å². The van der Waals surface area contributed by atoms with Crippen molar-refractivity contribution in [3.8, 4) is 0 Å². The minimum Gasteiger partial charge on any atom is -0.396 e. The Hall–Kier alpha value is -1.11. The number of hydrogen-bond acceptors (Lipinski definition) is 5. The molecule has 1 aliphatic rings. The van der Waals surface area contributed by atoms with Crippen LogP contribution in [0.2, 0.25) is 0 Å². The predicted octanol–water partition coefficient (Wildman–Crippen LogP) is 1.79. The smallest absolute Gasteiger partial charge is 0.256 e. The van der Waals surface area contributed by atoms with Gasteiger partial charge in [-0.05, 0) is 31.2 Å². The van der Waals surface area contributed by atoms with Crippen molar-refractivity contribution in [2.45, 2.75) is 37.3 Å². The summed E-state index contributed by atoms with van der Waals surface area (Å²) >= 11 is 1.44. The fraction of sp³-hybridized carbons (Fsp3) is 0.625. The number of hydrogen-bond donors (Lipinski definition) is 2. The van der Waals surface area contributed by atoms with Crippen LogP contribution in [-0.4, -0.2) is 58.1 Å². The average Bonchev–Trinajstić information content (AvgIpc) is 2.56. The van der Waals surface area contributed by atoms with Crippen LogP contribution >= 0.6 is 11.8 Å². The van der Waals surface area contributed by atoms with Crippen LogP contribution in [0.15, 0.2) is 23.4 Å². The summed E-state index contributed by atoms with van der Waals surface area (Å²) < 4.78 is 0. The van der Waals surface area contributed by atoms with Gasteiger partial charge >= 0.3 is 0 Å². The van der Waals surface area contributed by atoms with E-state index >= 15 is 0 Å². The van der Waals surface area contributed by atoms with E-state index in [1.807, 2.05) is 13.2 Å². The normalized spacial score (nSPS) is 25.3. The number of carbonyl (C=O) groups is 1. The van der Waals surface area contributed by atoms with Gasteiger partial charge in [-0.15, -0.1) is 11.8 Å². The maximum Gasteiger partial charge on any atom is 0.256 e. The third-order valence-corrected chi connectivity index (χ3v) is 5.24. The van der Waals surface area contributed by atoms with Crippen LogP contribution in [0.3, 0.4) is 0 Å². The summed E-state index contributed by atoms with van der Waals surface area (Å²) in [6, 6.07) is 3.52. The van der Waals surface area contributed by atoms with Gasteiger partial charge in [0.25, 0.3) is 5.91 Å². The van der Waals surface area contributed by atoms with E-state index in [0.717, 1.165) is 12.8 Å². The van der Waals surface area contributed by atoms with E-state index < -0.39 is 11.5 Å². The number of aliphatic hydroxyl groups is 2. The van der Waals surface area contributed by atoms with Crippen molar-refractivity contribution in [3.05, 3.63) is 23.9 Å². The molecule has 2 rings (SSSR count). The van der Waals surface area contributed by atoms with E-state index in [9.17, 15) is 15.0 Å². The molecule has 2 atom stereocenters. The number of piperidine rings is 1. The highest BCUT2D eigenvalue weighted by molar-refractivity contribution is 7.98. The number of thioether (sulfide) groups is 1. The van der Waals surface area contributed by atoms with Crippen molar-refractivity contribution in [2.24, 2.45) is 5.41 Å². The van der Waals surface area contributed by atoms with E-state index in [4.69, 9.17) is 0 Å². The first-order valence-electron chi connectivity index (χ1n) is 7.65.